The van der Waals surface area contributed by atoms with Gasteiger partial charge in [0.05, 0.1) is 30.6 Å². The maximum Gasteiger partial charge on any atom is 0.328 e. The lowest BCUT2D eigenvalue weighted by molar-refractivity contribution is -0.140. The molecule has 0 fully saturated rings. The molecule has 0 saturated heterocycles. The first-order chi connectivity index (χ1) is 10.7. The number of halogens is 3. The van der Waals surface area contributed by atoms with Gasteiger partial charge in [0.25, 0.3) is 11.8 Å². The highest BCUT2D eigenvalue weighted by Crippen LogP contribution is 2.33. The highest BCUT2D eigenvalue weighted by molar-refractivity contribution is 14.1. The minimum absolute atomic E-state index is 0.0995. The molecule has 23 heavy (non-hydrogen) atoms. The van der Waals surface area contributed by atoms with E-state index in [-0.39, 0.29) is 16.8 Å². The Morgan fingerprint density at radius 1 is 1.09 bits per heavy atom. The summed E-state index contributed by atoms with van der Waals surface area (Å²) in [5, 5.41) is 22.6. The van der Waals surface area contributed by atoms with E-state index in [1.54, 1.807) is 0 Å². The van der Waals surface area contributed by atoms with Crippen LogP contribution in [0, 0.1) is 10.7 Å². The zero-order valence-corrected chi connectivity index (χ0v) is 18.1. The molecule has 0 aliphatic carbocycles. The quantitative estimate of drug-likeness (QED) is 0.232. The van der Waals surface area contributed by atoms with Crippen molar-refractivity contribution < 1.29 is 24.6 Å². The molecule has 6 N–H and O–H groups in total. The number of carbonyl (C=O) groups is 3. The van der Waals surface area contributed by atoms with Gasteiger partial charge in [-0.05, 0) is 67.8 Å². The Morgan fingerprint density at radius 2 is 1.57 bits per heavy atom. The average molecular weight is 659 g/mol. The molecule has 1 aromatic carbocycles. The monoisotopic (exact) mass is 659 g/mol. The molecule has 1 aromatic rings. The second-order valence-corrected chi connectivity index (χ2v) is 7.47. The van der Waals surface area contributed by atoms with E-state index in [0.29, 0.717) is 10.7 Å². The van der Waals surface area contributed by atoms with Crippen LogP contribution in [0.1, 0.15) is 20.7 Å². The van der Waals surface area contributed by atoms with E-state index in [2.05, 4.69) is 10.6 Å². The lowest BCUT2D eigenvalue weighted by Gasteiger charge is -2.18. The summed E-state index contributed by atoms with van der Waals surface area (Å²) in [7, 11) is 1.45. The first-order valence-corrected chi connectivity index (χ1v) is 9.23. The zero-order chi connectivity index (χ0) is 17.9. The van der Waals surface area contributed by atoms with Gasteiger partial charge in [-0.15, -0.1) is 0 Å². The summed E-state index contributed by atoms with van der Waals surface area (Å²) < 4.78 is 1.26. The number of carboxylic acids is 1. The first kappa shape index (κ1) is 20.6. The molecule has 0 heterocycles. The Kier molecular flexibility index (Phi) is 7.72. The molecule has 0 spiro atoms. The van der Waals surface area contributed by atoms with Gasteiger partial charge in [-0.1, -0.05) is 0 Å². The molecule has 1 rings (SSSR count). The van der Waals surface area contributed by atoms with E-state index in [1.807, 2.05) is 67.8 Å². The van der Waals surface area contributed by atoms with E-state index in [0.717, 1.165) is 0 Å². The van der Waals surface area contributed by atoms with Crippen LogP contribution < -0.4 is 16.4 Å². The fourth-order valence-electron chi connectivity index (χ4n) is 1.62. The zero-order valence-electron chi connectivity index (χ0n) is 11.6. The standard InChI is InChI=1S/C12H12I3N3O5/c1-17-10(20)4-6(13)5(8(15)9(16)7(4)14)11(21)18-3(2-19)12(22)23/h3,19H,2,16H2,1H3,(H,17,20)(H,18,21)(H,22,23). The van der Waals surface area contributed by atoms with E-state index in [9.17, 15) is 14.4 Å². The van der Waals surface area contributed by atoms with Gasteiger partial charge < -0.3 is 26.6 Å². The van der Waals surface area contributed by atoms with E-state index in [4.69, 9.17) is 15.9 Å². The van der Waals surface area contributed by atoms with Crippen molar-refractivity contribution in [3.8, 4) is 0 Å². The highest BCUT2D eigenvalue weighted by Gasteiger charge is 2.28. The van der Waals surface area contributed by atoms with E-state index < -0.39 is 30.4 Å². The molecule has 126 valence electrons. The van der Waals surface area contributed by atoms with Crippen molar-refractivity contribution in [3.63, 3.8) is 0 Å². The summed E-state index contributed by atoms with van der Waals surface area (Å²) in [5.74, 6) is -2.50. The van der Waals surface area contributed by atoms with Crippen molar-refractivity contribution in [2.24, 2.45) is 0 Å². The summed E-state index contributed by atoms with van der Waals surface area (Å²) in [6.45, 7) is -0.754. The Bertz CT molecular complexity index is 681. The number of anilines is 1. The van der Waals surface area contributed by atoms with Crippen LogP contribution >= 0.6 is 67.8 Å². The van der Waals surface area contributed by atoms with Crippen LogP contribution in [0.2, 0.25) is 0 Å². The number of aliphatic hydroxyl groups excluding tert-OH is 1. The second-order valence-electron chi connectivity index (χ2n) is 4.23. The molecular weight excluding hydrogens is 647 g/mol. The summed E-state index contributed by atoms with van der Waals surface area (Å²) in [6, 6.07) is -1.45. The Morgan fingerprint density at radius 3 is 1.96 bits per heavy atom. The van der Waals surface area contributed by atoms with Crippen LogP contribution in [0.25, 0.3) is 0 Å². The number of aliphatic carboxylic acids is 1. The largest absolute Gasteiger partial charge is 0.480 e. The number of carbonyl (C=O) groups excluding carboxylic acids is 2. The number of aliphatic hydroxyl groups is 1. The van der Waals surface area contributed by atoms with Crippen molar-refractivity contribution in [2.75, 3.05) is 19.4 Å². The normalized spacial score (nSPS) is 11.7. The Balaban J connectivity index is 3.47. The molecule has 1 atom stereocenters. The van der Waals surface area contributed by atoms with Gasteiger partial charge in [-0.2, -0.15) is 0 Å². The number of rotatable bonds is 5. The third-order valence-corrected chi connectivity index (χ3v) is 6.14. The molecule has 0 aliphatic heterocycles. The van der Waals surface area contributed by atoms with Crippen molar-refractivity contribution >= 4 is 91.2 Å². The lowest BCUT2D eigenvalue weighted by Crippen LogP contribution is -2.44. The number of hydrogen-bond acceptors (Lipinski definition) is 5. The average Bonchev–Trinajstić information content (AvgIpc) is 2.50. The van der Waals surface area contributed by atoms with Gasteiger partial charge in [0.15, 0.2) is 6.04 Å². The summed E-state index contributed by atoms with van der Waals surface area (Å²) >= 11 is 5.62. The number of nitrogens with one attached hydrogen (secondary N) is 2. The van der Waals surface area contributed by atoms with Crippen molar-refractivity contribution in [1.29, 1.82) is 0 Å². The van der Waals surface area contributed by atoms with Crippen LogP contribution in [0.15, 0.2) is 0 Å². The third-order valence-electron chi connectivity index (χ3n) is 2.82. The van der Waals surface area contributed by atoms with Gasteiger partial charge in [0.2, 0.25) is 0 Å². The summed E-state index contributed by atoms with van der Waals surface area (Å²) in [6.07, 6.45) is 0. The number of nitrogens with two attached hydrogens (primary N) is 1. The first-order valence-electron chi connectivity index (χ1n) is 5.99. The number of benzene rings is 1. The maximum atomic E-state index is 12.4. The van der Waals surface area contributed by atoms with Crippen LogP contribution in [0.3, 0.4) is 0 Å². The van der Waals surface area contributed by atoms with Crippen LogP contribution in [-0.2, 0) is 4.79 Å². The topological polar surface area (TPSA) is 142 Å². The van der Waals surface area contributed by atoms with Crippen LogP contribution in [0.5, 0.6) is 0 Å². The Labute approximate surface area is 172 Å². The van der Waals surface area contributed by atoms with Gasteiger partial charge in [0.1, 0.15) is 0 Å². The molecule has 0 saturated carbocycles. The predicted molar refractivity (Wildman–Crippen MR) is 108 cm³/mol. The second kappa shape index (κ2) is 8.61. The highest BCUT2D eigenvalue weighted by atomic mass is 127. The predicted octanol–water partition coefficient (Wildman–Crippen LogP) is 0.617. The smallest absolute Gasteiger partial charge is 0.328 e. The van der Waals surface area contributed by atoms with E-state index in [1.165, 1.54) is 7.05 Å². The van der Waals surface area contributed by atoms with Crippen molar-refractivity contribution in [2.45, 2.75) is 6.04 Å². The summed E-state index contributed by atoms with van der Waals surface area (Å²) in [5.41, 5.74) is 6.56. The molecular formula is C12H12I3N3O5. The summed E-state index contributed by atoms with van der Waals surface area (Å²) in [4.78, 5) is 35.4. The number of nitrogen functional groups attached to an aromatic ring is 1. The molecule has 0 radical (unpaired) electrons. The number of hydrogen-bond donors (Lipinski definition) is 5. The molecule has 1 unspecified atom stereocenters. The number of carboxylic acid groups (broad SMARTS) is 1. The molecule has 0 aliphatic rings. The van der Waals surface area contributed by atoms with Gasteiger partial charge in [0, 0.05) is 10.6 Å². The third kappa shape index (κ3) is 4.36. The van der Waals surface area contributed by atoms with Gasteiger partial charge >= 0.3 is 5.97 Å². The van der Waals surface area contributed by atoms with E-state index >= 15 is 0 Å². The minimum atomic E-state index is -1.45. The molecule has 0 aromatic heterocycles. The Hall–Kier alpha value is -0.420. The van der Waals surface area contributed by atoms with Gasteiger partial charge in [-0.25, -0.2) is 4.79 Å². The van der Waals surface area contributed by atoms with Gasteiger partial charge in [-0.3, -0.25) is 9.59 Å². The SMILES string of the molecule is CNC(=O)c1c(I)c(N)c(I)c(C(=O)NC(CO)C(=O)O)c1I. The van der Waals surface area contributed by atoms with Crippen LogP contribution in [-0.4, -0.2) is 47.7 Å². The van der Waals surface area contributed by atoms with Crippen LogP contribution in [0.4, 0.5) is 5.69 Å². The molecule has 11 heteroatoms. The fraction of sp³-hybridized carbons (Fsp3) is 0.250. The maximum absolute atomic E-state index is 12.4. The molecule has 2 amide bonds. The molecule has 0 bridgehead atoms. The fourth-order valence-corrected chi connectivity index (χ4v) is 5.77. The minimum Gasteiger partial charge on any atom is -0.480 e. The molecule has 8 nitrogen and oxygen atoms in total. The number of amides is 2. The van der Waals surface area contributed by atoms with Crippen molar-refractivity contribution in [1.82, 2.24) is 10.6 Å². The lowest BCUT2D eigenvalue weighted by atomic mass is 10.1. The van der Waals surface area contributed by atoms with Crippen molar-refractivity contribution in [3.05, 3.63) is 21.8 Å².